The average molecular weight is 264 g/mol. The number of hydrogen-bond acceptors (Lipinski definition) is 3. The lowest BCUT2D eigenvalue weighted by Crippen LogP contribution is -2.53. The molecule has 4 heteroatoms. The van der Waals surface area contributed by atoms with E-state index >= 15 is 0 Å². The van der Waals surface area contributed by atoms with E-state index in [-0.39, 0.29) is 12.5 Å². The zero-order valence-electron chi connectivity index (χ0n) is 11.8. The van der Waals surface area contributed by atoms with E-state index in [0.29, 0.717) is 19.5 Å². The molecule has 0 aliphatic rings. The lowest BCUT2D eigenvalue weighted by atomic mass is 9.95. The molecule has 1 atom stereocenters. The minimum absolute atomic E-state index is 0.0548. The van der Waals surface area contributed by atoms with E-state index < -0.39 is 5.54 Å². The Morgan fingerprint density at radius 3 is 2.53 bits per heavy atom. The summed E-state index contributed by atoms with van der Waals surface area (Å²) in [6, 6.07) is 9.73. The van der Waals surface area contributed by atoms with Crippen molar-refractivity contribution < 1.29 is 9.90 Å². The van der Waals surface area contributed by atoms with E-state index in [1.807, 2.05) is 37.3 Å². The monoisotopic (exact) mass is 264 g/mol. The van der Waals surface area contributed by atoms with E-state index in [2.05, 4.69) is 0 Å². The van der Waals surface area contributed by atoms with Gasteiger partial charge in [0.2, 0.25) is 5.91 Å². The number of carbonyl (C=O) groups is 1. The SMILES string of the molecule is CCCC(C)(N)C(=O)N(CCO)Cc1ccccc1. The topological polar surface area (TPSA) is 66.6 Å². The Balaban J connectivity index is 2.79. The van der Waals surface area contributed by atoms with Crippen molar-refractivity contribution in [3.05, 3.63) is 35.9 Å². The fourth-order valence-corrected chi connectivity index (χ4v) is 2.16. The maximum absolute atomic E-state index is 12.4. The number of nitrogens with two attached hydrogens (primary N) is 1. The molecule has 0 heterocycles. The second kappa shape index (κ2) is 7.26. The summed E-state index contributed by atoms with van der Waals surface area (Å²) in [7, 11) is 0. The van der Waals surface area contributed by atoms with Crippen molar-refractivity contribution in [2.45, 2.75) is 38.8 Å². The smallest absolute Gasteiger partial charge is 0.242 e. The van der Waals surface area contributed by atoms with Crippen molar-refractivity contribution in [3.8, 4) is 0 Å². The predicted molar refractivity (Wildman–Crippen MR) is 76.4 cm³/mol. The number of aliphatic hydroxyl groups is 1. The molecule has 0 saturated heterocycles. The van der Waals surface area contributed by atoms with Crippen molar-refractivity contribution in [1.82, 2.24) is 4.90 Å². The molecule has 19 heavy (non-hydrogen) atoms. The first-order chi connectivity index (χ1) is 9.01. The molecule has 0 spiro atoms. The maximum atomic E-state index is 12.4. The van der Waals surface area contributed by atoms with Gasteiger partial charge in [0.15, 0.2) is 0 Å². The van der Waals surface area contributed by atoms with Crippen LogP contribution in [0.4, 0.5) is 0 Å². The largest absolute Gasteiger partial charge is 0.395 e. The summed E-state index contributed by atoms with van der Waals surface area (Å²) in [5, 5.41) is 9.12. The molecule has 3 N–H and O–H groups in total. The van der Waals surface area contributed by atoms with Gasteiger partial charge in [0, 0.05) is 13.1 Å². The molecule has 4 nitrogen and oxygen atoms in total. The molecular weight excluding hydrogens is 240 g/mol. The minimum atomic E-state index is -0.862. The van der Waals surface area contributed by atoms with Crippen molar-refractivity contribution >= 4 is 5.91 Å². The summed E-state index contributed by atoms with van der Waals surface area (Å²) in [6.45, 7) is 4.50. The van der Waals surface area contributed by atoms with Crippen LogP contribution in [-0.2, 0) is 11.3 Å². The summed E-state index contributed by atoms with van der Waals surface area (Å²) in [4.78, 5) is 14.1. The Labute approximate surface area is 115 Å². The number of rotatable bonds is 7. The summed E-state index contributed by atoms with van der Waals surface area (Å²) in [5.74, 6) is -0.104. The molecule has 1 aromatic rings. The molecule has 0 radical (unpaired) electrons. The van der Waals surface area contributed by atoms with Gasteiger partial charge in [-0.1, -0.05) is 43.7 Å². The molecule has 1 rings (SSSR count). The van der Waals surface area contributed by atoms with Crippen LogP contribution in [0.2, 0.25) is 0 Å². The van der Waals surface area contributed by atoms with Crippen molar-refractivity contribution in [2.24, 2.45) is 5.73 Å². The highest BCUT2D eigenvalue weighted by Gasteiger charge is 2.31. The van der Waals surface area contributed by atoms with Gasteiger partial charge in [-0.15, -0.1) is 0 Å². The Kier molecular flexibility index (Phi) is 5.99. The number of benzene rings is 1. The average Bonchev–Trinajstić information content (AvgIpc) is 2.38. The van der Waals surface area contributed by atoms with Gasteiger partial charge in [0.1, 0.15) is 0 Å². The van der Waals surface area contributed by atoms with Crippen LogP contribution in [0.5, 0.6) is 0 Å². The van der Waals surface area contributed by atoms with Gasteiger partial charge in [-0.2, -0.15) is 0 Å². The van der Waals surface area contributed by atoms with Gasteiger partial charge in [0.25, 0.3) is 0 Å². The van der Waals surface area contributed by atoms with E-state index in [4.69, 9.17) is 10.8 Å². The predicted octanol–water partition coefficient (Wildman–Crippen LogP) is 1.52. The molecule has 0 aliphatic heterocycles. The number of hydrogen-bond donors (Lipinski definition) is 2. The number of amides is 1. The molecule has 0 aromatic heterocycles. The number of carbonyl (C=O) groups excluding carboxylic acids is 1. The fraction of sp³-hybridized carbons (Fsp3) is 0.533. The highest BCUT2D eigenvalue weighted by atomic mass is 16.3. The Hall–Kier alpha value is -1.39. The van der Waals surface area contributed by atoms with Crippen LogP contribution in [0.15, 0.2) is 30.3 Å². The van der Waals surface area contributed by atoms with Crippen LogP contribution < -0.4 is 5.73 Å². The van der Waals surface area contributed by atoms with Crippen molar-refractivity contribution in [2.75, 3.05) is 13.2 Å². The molecular formula is C15H24N2O2. The van der Waals surface area contributed by atoms with Crippen LogP contribution >= 0.6 is 0 Å². The third kappa shape index (κ3) is 4.65. The van der Waals surface area contributed by atoms with Crippen molar-refractivity contribution in [1.29, 1.82) is 0 Å². The van der Waals surface area contributed by atoms with Gasteiger partial charge >= 0.3 is 0 Å². The Morgan fingerprint density at radius 2 is 2.00 bits per heavy atom. The molecule has 0 aliphatic carbocycles. The minimum Gasteiger partial charge on any atom is -0.395 e. The van der Waals surface area contributed by atoms with Crippen LogP contribution in [0.25, 0.3) is 0 Å². The zero-order chi connectivity index (χ0) is 14.3. The Morgan fingerprint density at radius 1 is 1.37 bits per heavy atom. The first-order valence-corrected chi connectivity index (χ1v) is 6.74. The highest BCUT2D eigenvalue weighted by Crippen LogP contribution is 2.15. The van der Waals surface area contributed by atoms with E-state index in [1.54, 1.807) is 11.8 Å². The zero-order valence-corrected chi connectivity index (χ0v) is 11.8. The van der Waals surface area contributed by atoms with E-state index in [0.717, 1.165) is 12.0 Å². The fourth-order valence-electron chi connectivity index (χ4n) is 2.16. The first kappa shape index (κ1) is 15.7. The quantitative estimate of drug-likeness (QED) is 0.784. The van der Waals surface area contributed by atoms with Crippen LogP contribution in [0.3, 0.4) is 0 Å². The van der Waals surface area contributed by atoms with E-state index in [1.165, 1.54) is 0 Å². The van der Waals surface area contributed by atoms with Crippen LogP contribution in [0, 0.1) is 0 Å². The van der Waals surface area contributed by atoms with Gasteiger partial charge in [-0.3, -0.25) is 4.79 Å². The van der Waals surface area contributed by atoms with Crippen LogP contribution in [-0.4, -0.2) is 34.6 Å². The number of aliphatic hydroxyl groups excluding tert-OH is 1. The second-order valence-electron chi connectivity index (χ2n) is 5.10. The first-order valence-electron chi connectivity index (χ1n) is 6.74. The third-order valence-corrected chi connectivity index (χ3v) is 3.13. The van der Waals surface area contributed by atoms with Gasteiger partial charge in [0.05, 0.1) is 12.1 Å². The molecule has 0 saturated carbocycles. The van der Waals surface area contributed by atoms with E-state index in [9.17, 15) is 4.79 Å². The molecule has 0 fully saturated rings. The van der Waals surface area contributed by atoms with Gasteiger partial charge in [-0.05, 0) is 18.9 Å². The second-order valence-corrected chi connectivity index (χ2v) is 5.10. The highest BCUT2D eigenvalue weighted by molar-refractivity contribution is 5.85. The van der Waals surface area contributed by atoms with Crippen molar-refractivity contribution in [3.63, 3.8) is 0 Å². The molecule has 106 valence electrons. The standard InChI is InChI=1S/C15H24N2O2/c1-3-9-15(2,16)14(19)17(10-11-18)12-13-7-5-4-6-8-13/h4-8,18H,3,9-12,16H2,1-2H3. The molecule has 0 bridgehead atoms. The maximum Gasteiger partial charge on any atom is 0.242 e. The molecule has 1 aromatic carbocycles. The lowest BCUT2D eigenvalue weighted by Gasteiger charge is -2.31. The third-order valence-electron chi connectivity index (χ3n) is 3.13. The summed E-state index contributed by atoms with van der Waals surface area (Å²) >= 11 is 0. The van der Waals surface area contributed by atoms with Crippen LogP contribution in [0.1, 0.15) is 32.3 Å². The summed E-state index contributed by atoms with van der Waals surface area (Å²) in [6.07, 6.45) is 1.50. The normalized spacial score (nSPS) is 13.9. The summed E-state index contributed by atoms with van der Waals surface area (Å²) < 4.78 is 0. The number of nitrogens with zero attached hydrogens (tertiary/aromatic N) is 1. The lowest BCUT2D eigenvalue weighted by molar-refractivity contribution is -0.137. The molecule has 1 unspecified atom stereocenters. The molecule has 1 amide bonds. The summed E-state index contributed by atoms with van der Waals surface area (Å²) in [5.41, 5.74) is 6.26. The Bertz CT molecular complexity index is 390. The van der Waals surface area contributed by atoms with Gasteiger partial charge in [-0.25, -0.2) is 0 Å². The van der Waals surface area contributed by atoms with Gasteiger partial charge < -0.3 is 15.7 Å².